The van der Waals surface area contributed by atoms with Gasteiger partial charge in [0.25, 0.3) is 0 Å². The van der Waals surface area contributed by atoms with Crippen LogP contribution >= 0.6 is 0 Å². The predicted octanol–water partition coefficient (Wildman–Crippen LogP) is 3.93. The van der Waals surface area contributed by atoms with Gasteiger partial charge in [-0.3, -0.25) is 9.59 Å². The minimum absolute atomic E-state index is 0.0851. The number of fused-ring (bicyclic) bond motifs is 1. The topological polar surface area (TPSA) is 81.6 Å². The van der Waals surface area contributed by atoms with Crippen LogP contribution in [0.15, 0.2) is 30.6 Å². The van der Waals surface area contributed by atoms with Crippen LogP contribution in [0.2, 0.25) is 0 Å². The number of ether oxygens (including phenoxy) is 2. The number of rotatable bonds is 5. The largest absolute Gasteiger partial charge is 0.424 e. The summed E-state index contributed by atoms with van der Waals surface area (Å²) in [6, 6.07) is 5.96. The van der Waals surface area contributed by atoms with Crippen LogP contribution in [-0.2, 0) is 20.9 Å². The summed E-state index contributed by atoms with van der Waals surface area (Å²) in [6.07, 6.45) is 4.70. The fraction of sp³-hybridized carbons (Fsp3) is 0.429. The van der Waals surface area contributed by atoms with Crippen molar-refractivity contribution in [3.63, 3.8) is 0 Å². The maximum atomic E-state index is 12.6. The van der Waals surface area contributed by atoms with Crippen LogP contribution in [0.1, 0.15) is 57.3 Å². The van der Waals surface area contributed by atoms with E-state index in [1.807, 2.05) is 32.0 Å². The Morgan fingerprint density at radius 2 is 2.00 bits per heavy atom. The number of anilines is 1. The van der Waals surface area contributed by atoms with Gasteiger partial charge in [0, 0.05) is 6.42 Å². The first-order chi connectivity index (χ1) is 13.4. The van der Waals surface area contributed by atoms with Crippen LogP contribution < -0.4 is 9.64 Å². The highest BCUT2D eigenvalue weighted by atomic mass is 16.5. The number of nitrogens with zero attached hydrogens (tertiary/aromatic N) is 3. The summed E-state index contributed by atoms with van der Waals surface area (Å²) in [5, 5.41) is 0. The third-order valence-electron chi connectivity index (χ3n) is 5.65. The smallest absolute Gasteiger partial charge is 0.322 e. The minimum Gasteiger partial charge on any atom is -0.424 e. The molecule has 2 amide bonds. The van der Waals surface area contributed by atoms with Crippen LogP contribution in [-0.4, -0.2) is 21.8 Å². The first-order valence-electron chi connectivity index (χ1n) is 9.57. The Bertz CT molecular complexity index is 928. The number of imide groups is 1. The molecule has 0 N–H and O–H groups in total. The molecule has 0 bridgehead atoms. The standard InChI is InChI=1S/C21H23N3O4/c1-4-17-16-8-15(7-6-13(16)12-27-17)28-20-22-10-14(11-23-20)24-18(25)9-21(3,5-2)19(24)26/h6-8,10-11,17H,4-5,9,12H2,1-3H3/t17?,21-/m0/s1. The van der Waals surface area contributed by atoms with Gasteiger partial charge in [-0.05, 0) is 36.1 Å². The van der Waals surface area contributed by atoms with Crippen molar-refractivity contribution in [1.29, 1.82) is 0 Å². The SMILES string of the molecule is CCC1OCc2ccc(Oc3ncc(N4C(=O)C[C@](C)(CC)C4=O)cn3)cc21. The van der Waals surface area contributed by atoms with Crippen molar-refractivity contribution in [3.8, 4) is 11.8 Å². The summed E-state index contributed by atoms with van der Waals surface area (Å²) in [4.78, 5) is 34.5. The molecule has 7 nitrogen and oxygen atoms in total. The molecule has 0 saturated carbocycles. The number of hydrogen-bond acceptors (Lipinski definition) is 6. The van der Waals surface area contributed by atoms with Gasteiger partial charge in [0.15, 0.2) is 0 Å². The average molecular weight is 381 g/mol. The lowest BCUT2D eigenvalue weighted by atomic mass is 9.86. The Morgan fingerprint density at radius 1 is 1.25 bits per heavy atom. The quantitative estimate of drug-likeness (QED) is 0.730. The van der Waals surface area contributed by atoms with Crippen molar-refractivity contribution in [2.75, 3.05) is 4.90 Å². The number of amides is 2. The zero-order valence-corrected chi connectivity index (χ0v) is 16.3. The summed E-state index contributed by atoms with van der Waals surface area (Å²) >= 11 is 0. The molecular weight excluding hydrogens is 358 g/mol. The second-order valence-corrected chi connectivity index (χ2v) is 7.52. The van der Waals surface area contributed by atoms with Gasteiger partial charge in [-0.2, -0.15) is 0 Å². The highest BCUT2D eigenvalue weighted by molar-refractivity contribution is 6.22. The zero-order chi connectivity index (χ0) is 19.9. The van der Waals surface area contributed by atoms with Crippen molar-refractivity contribution >= 4 is 17.5 Å². The molecule has 4 rings (SSSR count). The number of carbonyl (C=O) groups excluding carboxylic acids is 2. The molecule has 1 unspecified atom stereocenters. The van der Waals surface area contributed by atoms with Crippen molar-refractivity contribution in [2.24, 2.45) is 5.41 Å². The molecule has 28 heavy (non-hydrogen) atoms. The van der Waals surface area contributed by atoms with Gasteiger partial charge in [-0.15, -0.1) is 0 Å². The van der Waals surface area contributed by atoms with E-state index >= 15 is 0 Å². The van der Waals surface area contributed by atoms with Gasteiger partial charge in [-0.1, -0.05) is 26.8 Å². The van der Waals surface area contributed by atoms with Crippen molar-refractivity contribution in [1.82, 2.24) is 9.97 Å². The summed E-state index contributed by atoms with van der Waals surface area (Å²) in [5.74, 6) is 0.194. The van der Waals surface area contributed by atoms with Crippen LogP contribution in [0.25, 0.3) is 0 Å². The maximum absolute atomic E-state index is 12.6. The lowest BCUT2D eigenvalue weighted by Gasteiger charge is -2.19. The first-order valence-corrected chi connectivity index (χ1v) is 9.57. The Morgan fingerprint density at radius 3 is 2.64 bits per heavy atom. The molecule has 2 atom stereocenters. The van der Waals surface area contributed by atoms with E-state index in [-0.39, 0.29) is 30.3 Å². The fourth-order valence-electron chi connectivity index (χ4n) is 3.68. The van der Waals surface area contributed by atoms with E-state index in [1.165, 1.54) is 22.9 Å². The summed E-state index contributed by atoms with van der Waals surface area (Å²) in [6.45, 7) is 6.42. The zero-order valence-electron chi connectivity index (χ0n) is 16.3. The third-order valence-corrected chi connectivity index (χ3v) is 5.65. The lowest BCUT2D eigenvalue weighted by molar-refractivity contribution is -0.125. The van der Waals surface area contributed by atoms with Gasteiger partial charge in [0.1, 0.15) is 5.75 Å². The van der Waals surface area contributed by atoms with E-state index in [0.29, 0.717) is 24.5 Å². The number of aromatic nitrogens is 2. The molecule has 3 heterocycles. The van der Waals surface area contributed by atoms with E-state index in [0.717, 1.165) is 12.0 Å². The molecule has 146 valence electrons. The van der Waals surface area contributed by atoms with E-state index in [4.69, 9.17) is 9.47 Å². The Labute approximate surface area is 163 Å². The Kier molecular flexibility index (Phi) is 4.63. The van der Waals surface area contributed by atoms with Gasteiger partial charge < -0.3 is 9.47 Å². The van der Waals surface area contributed by atoms with E-state index in [1.54, 1.807) is 0 Å². The van der Waals surface area contributed by atoms with Crippen molar-refractivity contribution in [2.45, 2.75) is 52.7 Å². The fourth-order valence-corrected chi connectivity index (χ4v) is 3.68. The highest BCUT2D eigenvalue weighted by Crippen LogP contribution is 2.38. The average Bonchev–Trinajstić information content (AvgIpc) is 3.21. The highest BCUT2D eigenvalue weighted by Gasteiger charge is 2.47. The molecule has 1 aromatic heterocycles. The Balaban J connectivity index is 1.52. The van der Waals surface area contributed by atoms with Crippen LogP contribution in [0.4, 0.5) is 5.69 Å². The second-order valence-electron chi connectivity index (χ2n) is 7.52. The first kappa shape index (κ1) is 18.6. The summed E-state index contributed by atoms with van der Waals surface area (Å²) in [7, 11) is 0. The molecule has 0 radical (unpaired) electrons. The lowest BCUT2D eigenvalue weighted by Crippen LogP contribution is -2.34. The molecule has 0 aliphatic carbocycles. The van der Waals surface area contributed by atoms with E-state index in [9.17, 15) is 9.59 Å². The van der Waals surface area contributed by atoms with Gasteiger partial charge in [-0.25, -0.2) is 14.9 Å². The monoisotopic (exact) mass is 381 g/mol. The molecule has 1 fully saturated rings. The summed E-state index contributed by atoms with van der Waals surface area (Å²) in [5.41, 5.74) is 2.01. The predicted molar refractivity (Wildman–Crippen MR) is 102 cm³/mol. The Hall–Kier alpha value is -2.80. The van der Waals surface area contributed by atoms with Gasteiger partial charge in [0.05, 0.1) is 36.2 Å². The van der Waals surface area contributed by atoms with Gasteiger partial charge >= 0.3 is 6.01 Å². The molecule has 0 spiro atoms. The maximum Gasteiger partial charge on any atom is 0.322 e. The number of hydrogen-bond donors (Lipinski definition) is 0. The van der Waals surface area contributed by atoms with Crippen molar-refractivity contribution in [3.05, 3.63) is 41.7 Å². The summed E-state index contributed by atoms with van der Waals surface area (Å²) < 4.78 is 11.5. The van der Waals surface area contributed by atoms with Crippen LogP contribution in [0.3, 0.4) is 0 Å². The molecule has 2 aliphatic heterocycles. The third kappa shape index (κ3) is 3.05. The minimum atomic E-state index is -0.658. The number of carbonyl (C=O) groups is 2. The van der Waals surface area contributed by atoms with Crippen molar-refractivity contribution < 1.29 is 19.1 Å². The van der Waals surface area contributed by atoms with Crippen LogP contribution in [0.5, 0.6) is 11.8 Å². The van der Waals surface area contributed by atoms with E-state index < -0.39 is 5.41 Å². The molecule has 7 heteroatoms. The molecule has 1 aromatic carbocycles. The van der Waals surface area contributed by atoms with Gasteiger partial charge in [0.2, 0.25) is 11.8 Å². The van der Waals surface area contributed by atoms with E-state index in [2.05, 4.69) is 16.9 Å². The second kappa shape index (κ2) is 6.98. The molecule has 1 saturated heterocycles. The van der Waals surface area contributed by atoms with Crippen LogP contribution in [0, 0.1) is 5.41 Å². The molecule has 2 aliphatic rings. The number of benzene rings is 1. The molecule has 2 aromatic rings. The molecular formula is C21H23N3O4. The normalized spacial score (nSPS) is 24.0.